The van der Waals surface area contributed by atoms with Crippen LogP contribution in [0.3, 0.4) is 0 Å². The average molecular weight is 429 g/mol. The van der Waals surface area contributed by atoms with E-state index in [-0.39, 0.29) is 24.3 Å². The number of sulfone groups is 1. The van der Waals surface area contributed by atoms with Crippen LogP contribution in [-0.4, -0.2) is 37.8 Å². The topological polar surface area (TPSA) is 98.5 Å². The number of aromatic nitrogens is 1. The predicted molar refractivity (Wildman–Crippen MR) is 112 cm³/mol. The fraction of sp³-hybridized carbons (Fsp3) is 0.364. The quantitative estimate of drug-likeness (QED) is 0.645. The van der Waals surface area contributed by atoms with E-state index in [1.807, 2.05) is 0 Å². The third-order valence-corrected chi connectivity index (χ3v) is 7.84. The molecule has 2 atom stereocenters. The number of hydrogen-bond acceptors (Lipinski definition) is 6. The molecule has 8 heteroatoms. The average Bonchev–Trinajstić information content (AvgIpc) is 3.22. The standard InChI is InChI=1S/C22H24N2O5S/c1-28-17-3-2-4-19(12-17)30(26,27)18-7-5-15(6-8-18)13-24-22(25)20-11-16-9-10-23-14-21(16)29-20/h5-11,14,17,19H,2-4,12-13H2,1H3,(H,24,25). The van der Waals surface area contributed by atoms with Gasteiger partial charge in [0, 0.05) is 25.2 Å². The van der Waals surface area contributed by atoms with Crippen LogP contribution in [0.25, 0.3) is 11.0 Å². The van der Waals surface area contributed by atoms with Crippen molar-refractivity contribution < 1.29 is 22.4 Å². The number of rotatable bonds is 6. The van der Waals surface area contributed by atoms with Gasteiger partial charge in [0.1, 0.15) is 0 Å². The number of ether oxygens (including phenoxy) is 1. The summed E-state index contributed by atoms with van der Waals surface area (Å²) < 4.78 is 36.8. The first-order chi connectivity index (χ1) is 14.5. The number of furan rings is 1. The maximum Gasteiger partial charge on any atom is 0.287 e. The van der Waals surface area contributed by atoms with Crippen molar-refractivity contribution in [1.29, 1.82) is 0 Å². The van der Waals surface area contributed by atoms with Gasteiger partial charge in [0.25, 0.3) is 5.91 Å². The molecule has 0 spiro atoms. The van der Waals surface area contributed by atoms with Gasteiger partial charge in [-0.1, -0.05) is 12.1 Å². The molecule has 1 fully saturated rings. The van der Waals surface area contributed by atoms with E-state index >= 15 is 0 Å². The largest absolute Gasteiger partial charge is 0.449 e. The first kappa shape index (κ1) is 20.6. The van der Waals surface area contributed by atoms with Crippen molar-refractivity contribution in [2.75, 3.05) is 7.11 Å². The molecule has 2 unspecified atom stereocenters. The van der Waals surface area contributed by atoms with Gasteiger partial charge >= 0.3 is 0 Å². The Morgan fingerprint density at radius 3 is 2.77 bits per heavy atom. The van der Waals surface area contributed by atoms with Crippen molar-refractivity contribution >= 4 is 26.7 Å². The molecule has 0 saturated heterocycles. The van der Waals surface area contributed by atoms with E-state index in [9.17, 15) is 13.2 Å². The van der Waals surface area contributed by atoms with E-state index in [4.69, 9.17) is 9.15 Å². The molecule has 2 aromatic heterocycles. The Morgan fingerprint density at radius 1 is 1.23 bits per heavy atom. The second kappa shape index (κ2) is 8.57. The van der Waals surface area contributed by atoms with Crippen molar-refractivity contribution in [3.63, 3.8) is 0 Å². The van der Waals surface area contributed by atoms with Crippen molar-refractivity contribution in [3.05, 3.63) is 60.1 Å². The van der Waals surface area contributed by atoms with Crippen molar-refractivity contribution in [2.24, 2.45) is 0 Å². The lowest BCUT2D eigenvalue weighted by Gasteiger charge is -2.28. The summed E-state index contributed by atoms with van der Waals surface area (Å²) in [6.07, 6.45) is 6.15. The van der Waals surface area contributed by atoms with Gasteiger partial charge in [0.05, 0.1) is 22.4 Å². The molecule has 1 aromatic carbocycles. The van der Waals surface area contributed by atoms with E-state index in [1.165, 1.54) is 0 Å². The van der Waals surface area contributed by atoms with E-state index < -0.39 is 15.1 Å². The number of methoxy groups -OCH3 is 1. The maximum absolute atomic E-state index is 13.0. The number of hydrogen-bond donors (Lipinski definition) is 1. The number of nitrogens with one attached hydrogen (secondary N) is 1. The molecule has 4 rings (SSSR count). The monoisotopic (exact) mass is 428 g/mol. The lowest BCUT2D eigenvalue weighted by atomic mass is 9.97. The van der Waals surface area contributed by atoms with Gasteiger partial charge in [0.15, 0.2) is 21.2 Å². The van der Waals surface area contributed by atoms with Gasteiger partial charge in [-0.3, -0.25) is 9.78 Å². The fourth-order valence-corrected chi connectivity index (χ4v) is 5.70. The van der Waals surface area contributed by atoms with E-state index in [0.29, 0.717) is 23.3 Å². The SMILES string of the molecule is COC1CCCC(S(=O)(=O)c2ccc(CNC(=O)c3cc4ccncc4o3)cc2)C1. The molecule has 3 aromatic rings. The Balaban J connectivity index is 1.40. The van der Waals surface area contributed by atoms with E-state index in [1.54, 1.807) is 55.9 Å². The molecule has 1 amide bonds. The zero-order valence-electron chi connectivity index (χ0n) is 16.7. The normalized spacial score (nSPS) is 19.6. The van der Waals surface area contributed by atoms with Crippen molar-refractivity contribution in [1.82, 2.24) is 10.3 Å². The number of pyridine rings is 1. The molecule has 30 heavy (non-hydrogen) atoms. The Kier molecular flexibility index (Phi) is 5.87. The molecule has 7 nitrogen and oxygen atoms in total. The number of fused-ring (bicyclic) bond motifs is 1. The van der Waals surface area contributed by atoms with Crippen LogP contribution in [0.2, 0.25) is 0 Å². The number of carbonyl (C=O) groups is 1. The minimum atomic E-state index is -3.40. The predicted octanol–water partition coefficient (Wildman–Crippen LogP) is 3.49. The summed E-state index contributed by atoms with van der Waals surface area (Å²) in [6, 6.07) is 10.1. The van der Waals surface area contributed by atoms with Crippen molar-refractivity contribution in [3.8, 4) is 0 Å². The zero-order valence-corrected chi connectivity index (χ0v) is 17.5. The third kappa shape index (κ3) is 4.24. The summed E-state index contributed by atoms with van der Waals surface area (Å²) in [5, 5.41) is 3.19. The van der Waals surface area contributed by atoms with Gasteiger partial charge in [-0.05, 0) is 55.5 Å². The lowest BCUT2D eigenvalue weighted by Crippen LogP contribution is -2.31. The van der Waals surface area contributed by atoms with Crippen LogP contribution in [0.1, 0.15) is 41.8 Å². The highest BCUT2D eigenvalue weighted by molar-refractivity contribution is 7.92. The number of carbonyl (C=O) groups excluding carboxylic acids is 1. The second-order valence-corrected chi connectivity index (χ2v) is 9.77. The number of nitrogens with zero attached hydrogens (tertiary/aromatic N) is 1. The maximum atomic E-state index is 13.0. The zero-order chi connectivity index (χ0) is 21.1. The molecule has 1 N–H and O–H groups in total. The van der Waals surface area contributed by atoms with Crippen LogP contribution in [0.5, 0.6) is 0 Å². The van der Waals surface area contributed by atoms with Crippen LogP contribution < -0.4 is 5.32 Å². The highest BCUT2D eigenvalue weighted by atomic mass is 32.2. The fourth-order valence-electron chi connectivity index (χ4n) is 3.85. The highest BCUT2D eigenvalue weighted by Crippen LogP contribution is 2.30. The molecule has 158 valence electrons. The molecule has 0 radical (unpaired) electrons. The van der Waals surface area contributed by atoms with Gasteiger partial charge in [-0.2, -0.15) is 0 Å². The van der Waals surface area contributed by atoms with Gasteiger partial charge in [0.2, 0.25) is 0 Å². The number of benzene rings is 1. The molecular weight excluding hydrogens is 404 g/mol. The first-order valence-electron chi connectivity index (χ1n) is 9.95. The number of amides is 1. The summed E-state index contributed by atoms with van der Waals surface area (Å²) in [7, 11) is -1.77. The highest BCUT2D eigenvalue weighted by Gasteiger charge is 2.33. The molecule has 0 aliphatic heterocycles. The Hall–Kier alpha value is -2.71. The molecule has 1 aliphatic carbocycles. The summed E-state index contributed by atoms with van der Waals surface area (Å²) in [5.41, 5.74) is 1.36. The van der Waals surface area contributed by atoms with Crippen LogP contribution >= 0.6 is 0 Å². The molecule has 1 saturated carbocycles. The Bertz CT molecular complexity index is 1100. The summed E-state index contributed by atoms with van der Waals surface area (Å²) in [5.74, 6) is -0.127. The smallest absolute Gasteiger partial charge is 0.287 e. The van der Waals surface area contributed by atoms with Gasteiger partial charge < -0.3 is 14.5 Å². The van der Waals surface area contributed by atoms with Crippen LogP contribution in [0.4, 0.5) is 0 Å². The Labute approximate surface area is 175 Å². The van der Waals surface area contributed by atoms with E-state index in [0.717, 1.165) is 23.8 Å². The van der Waals surface area contributed by atoms with Gasteiger partial charge in [-0.15, -0.1) is 0 Å². The Morgan fingerprint density at radius 2 is 2.03 bits per heavy atom. The minimum Gasteiger partial charge on any atom is -0.449 e. The first-order valence-corrected chi connectivity index (χ1v) is 11.5. The lowest BCUT2D eigenvalue weighted by molar-refractivity contribution is 0.0720. The van der Waals surface area contributed by atoms with E-state index in [2.05, 4.69) is 10.3 Å². The van der Waals surface area contributed by atoms with Crippen LogP contribution in [0, 0.1) is 0 Å². The van der Waals surface area contributed by atoms with Crippen LogP contribution in [-0.2, 0) is 21.1 Å². The molecule has 2 heterocycles. The summed E-state index contributed by atoms with van der Waals surface area (Å²) in [6.45, 7) is 0.267. The summed E-state index contributed by atoms with van der Waals surface area (Å²) in [4.78, 5) is 16.6. The molecule has 0 bridgehead atoms. The molecule has 1 aliphatic rings. The third-order valence-electron chi connectivity index (χ3n) is 5.60. The van der Waals surface area contributed by atoms with Crippen LogP contribution in [0.15, 0.2) is 58.1 Å². The second-order valence-electron chi connectivity index (χ2n) is 7.54. The summed E-state index contributed by atoms with van der Waals surface area (Å²) >= 11 is 0. The van der Waals surface area contributed by atoms with Gasteiger partial charge in [-0.25, -0.2) is 8.42 Å². The molecular formula is C22H24N2O5S. The van der Waals surface area contributed by atoms with Crippen molar-refractivity contribution in [2.45, 2.75) is 48.5 Å². The minimum absolute atomic E-state index is 0.00189.